The maximum absolute atomic E-state index is 13.4. The van der Waals surface area contributed by atoms with E-state index in [1.807, 2.05) is 0 Å². The van der Waals surface area contributed by atoms with Crippen LogP contribution in [0.3, 0.4) is 0 Å². The van der Waals surface area contributed by atoms with E-state index in [0.29, 0.717) is 0 Å². The standard InChI is InChI=1S/C17H25ClFN3/c18-15-12-14(4-5-16(15)19)21-17(6-2-1-3-7-17)13-22-10-8-20-9-11-22/h4-5,12,20-21H,1-3,6-11,13H2. The number of hydrogen-bond acceptors (Lipinski definition) is 3. The number of nitrogens with one attached hydrogen (secondary N) is 2. The second-order valence-electron chi connectivity index (χ2n) is 6.62. The van der Waals surface area contributed by atoms with Crippen LogP contribution in [-0.4, -0.2) is 43.2 Å². The van der Waals surface area contributed by atoms with Crippen LogP contribution in [0.25, 0.3) is 0 Å². The van der Waals surface area contributed by atoms with Gasteiger partial charge in [-0.1, -0.05) is 30.9 Å². The lowest BCUT2D eigenvalue weighted by Crippen LogP contribution is -2.54. The van der Waals surface area contributed by atoms with Crippen molar-refractivity contribution < 1.29 is 4.39 Å². The maximum Gasteiger partial charge on any atom is 0.141 e. The van der Waals surface area contributed by atoms with Crippen LogP contribution in [0.1, 0.15) is 32.1 Å². The molecule has 1 saturated heterocycles. The SMILES string of the molecule is Fc1ccc(NC2(CN3CCNCC3)CCCCC2)cc1Cl. The first kappa shape index (κ1) is 16.0. The van der Waals surface area contributed by atoms with E-state index in [1.54, 1.807) is 12.1 Å². The van der Waals surface area contributed by atoms with Gasteiger partial charge >= 0.3 is 0 Å². The minimum atomic E-state index is -0.355. The zero-order chi connectivity index (χ0) is 15.4. The highest BCUT2D eigenvalue weighted by Crippen LogP contribution is 2.33. The predicted octanol–water partition coefficient (Wildman–Crippen LogP) is 3.50. The summed E-state index contributed by atoms with van der Waals surface area (Å²) in [5.41, 5.74) is 1.03. The average Bonchev–Trinajstić information content (AvgIpc) is 2.53. The summed E-state index contributed by atoms with van der Waals surface area (Å²) in [6, 6.07) is 4.96. The first-order valence-electron chi connectivity index (χ1n) is 8.33. The van der Waals surface area contributed by atoms with E-state index in [0.717, 1.165) is 38.4 Å². The molecule has 1 heterocycles. The summed E-state index contributed by atoms with van der Waals surface area (Å²) in [5, 5.41) is 7.30. The summed E-state index contributed by atoms with van der Waals surface area (Å²) in [6.07, 6.45) is 6.18. The molecule has 1 aromatic carbocycles. The molecule has 0 bridgehead atoms. The molecular formula is C17H25ClFN3. The quantitative estimate of drug-likeness (QED) is 0.887. The van der Waals surface area contributed by atoms with Crippen LogP contribution in [0.4, 0.5) is 10.1 Å². The molecule has 0 spiro atoms. The number of anilines is 1. The van der Waals surface area contributed by atoms with Crippen LogP contribution < -0.4 is 10.6 Å². The third-order valence-corrected chi connectivity index (χ3v) is 5.17. The number of nitrogens with zero attached hydrogens (tertiary/aromatic N) is 1. The van der Waals surface area contributed by atoms with Crippen molar-refractivity contribution in [2.45, 2.75) is 37.6 Å². The summed E-state index contributed by atoms with van der Waals surface area (Å²) >= 11 is 5.94. The van der Waals surface area contributed by atoms with Crippen LogP contribution in [0.15, 0.2) is 18.2 Å². The molecule has 2 fully saturated rings. The summed E-state index contributed by atoms with van der Waals surface area (Å²) in [6.45, 7) is 5.40. The van der Waals surface area contributed by atoms with E-state index < -0.39 is 0 Å². The number of halogens is 2. The molecule has 1 aromatic rings. The number of piperazine rings is 1. The smallest absolute Gasteiger partial charge is 0.141 e. The van der Waals surface area contributed by atoms with Crippen LogP contribution in [0.2, 0.25) is 5.02 Å². The van der Waals surface area contributed by atoms with E-state index in [4.69, 9.17) is 11.6 Å². The molecule has 2 aliphatic rings. The second kappa shape index (κ2) is 7.16. The molecule has 1 aliphatic heterocycles. The highest BCUT2D eigenvalue weighted by atomic mass is 35.5. The Morgan fingerprint density at radius 2 is 1.91 bits per heavy atom. The van der Waals surface area contributed by atoms with Gasteiger partial charge in [-0.25, -0.2) is 4.39 Å². The zero-order valence-electron chi connectivity index (χ0n) is 13.0. The van der Waals surface area contributed by atoms with Gasteiger partial charge in [-0.2, -0.15) is 0 Å². The van der Waals surface area contributed by atoms with E-state index in [1.165, 1.54) is 38.2 Å². The van der Waals surface area contributed by atoms with E-state index in [-0.39, 0.29) is 16.4 Å². The molecule has 3 rings (SSSR count). The summed E-state index contributed by atoms with van der Waals surface area (Å²) < 4.78 is 13.4. The monoisotopic (exact) mass is 325 g/mol. The Hall–Kier alpha value is -0.840. The van der Waals surface area contributed by atoms with Gasteiger partial charge in [0.2, 0.25) is 0 Å². The summed E-state index contributed by atoms with van der Waals surface area (Å²) in [4.78, 5) is 2.54. The highest BCUT2D eigenvalue weighted by molar-refractivity contribution is 6.31. The third kappa shape index (κ3) is 3.92. The lowest BCUT2D eigenvalue weighted by Gasteiger charge is -2.43. The van der Waals surface area contributed by atoms with Gasteiger partial charge in [0.05, 0.1) is 5.02 Å². The van der Waals surface area contributed by atoms with E-state index in [2.05, 4.69) is 15.5 Å². The normalized spacial score (nSPS) is 22.5. The number of benzene rings is 1. The number of rotatable bonds is 4. The summed E-state index contributed by atoms with van der Waals surface area (Å²) in [5.74, 6) is -0.355. The molecule has 0 unspecified atom stereocenters. The minimum Gasteiger partial charge on any atom is -0.378 e. The Bertz CT molecular complexity index is 497. The molecule has 5 heteroatoms. The van der Waals surface area contributed by atoms with E-state index >= 15 is 0 Å². The van der Waals surface area contributed by atoms with Crippen molar-refractivity contribution in [3.8, 4) is 0 Å². The lowest BCUT2D eigenvalue weighted by atomic mass is 9.80. The van der Waals surface area contributed by atoms with Gasteiger partial charge in [0.1, 0.15) is 5.82 Å². The second-order valence-corrected chi connectivity index (χ2v) is 7.03. The van der Waals surface area contributed by atoms with Crippen LogP contribution in [0, 0.1) is 5.82 Å². The molecule has 0 amide bonds. The van der Waals surface area contributed by atoms with Crippen molar-refractivity contribution in [3.05, 3.63) is 29.0 Å². The molecule has 2 N–H and O–H groups in total. The molecule has 1 saturated carbocycles. The third-order valence-electron chi connectivity index (χ3n) is 4.88. The largest absolute Gasteiger partial charge is 0.378 e. The van der Waals surface area contributed by atoms with Crippen LogP contribution in [0.5, 0.6) is 0 Å². The topological polar surface area (TPSA) is 27.3 Å². The van der Waals surface area contributed by atoms with E-state index in [9.17, 15) is 4.39 Å². The Labute approximate surface area is 137 Å². The van der Waals surface area contributed by atoms with Crippen molar-refractivity contribution in [1.82, 2.24) is 10.2 Å². The van der Waals surface area contributed by atoms with Crippen molar-refractivity contribution in [1.29, 1.82) is 0 Å². The molecule has 0 aromatic heterocycles. The Morgan fingerprint density at radius 1 is 1.18 bits per heavy atom. The van der Waals surface area contributed by atoms with Crippen LogP contribution in [-0.2, 0) is 0 Å². The Kier molecular flexibility index (Phi) is 5.21. The molecule has 0 atom stereocenters. The molecule has 3 nitrogen and oxygen atoms in total. The Balaban J connectivity index is 1.74. The first-order valence-corrected chi connectivity index (χ1v) is 8.71. The van der Waals surface area contributed by atoms with Crippen molar-refractivity contribution in [2.75, 3.05) is 38.0 Å². The predicted molar refractivity (Wildman–Crippen MR) is 90.2 cm³/mol. The first-order chi connectivity index (χ1) is 10.7. The zero-order valence-corrected chi connectivity index (χ0v) is 13.8. The number of hydrogen-bond donors (Lipinski definition) is 2. The van der Waals surface area contributed by atoms with Crippen molar-refractivity contribution in [3.63, 3.8) is 0 Å². The minimum absolute atomic E-state index is 0.0940. The molecule has 22 heavy (non-hydrogen) atoms. The van der Waals surface area contributed by atoms with Gasteiger partial charge in [0.25, 0.3) is 0 Å². The fraction of sp³-hybridized carbons (Fsp3) is 0.647. The fourth-order valence-electron chi connectivity index (χ4n) is 3.73. The lowest BCUT2D eigenvalue weighted by molar-refractivity contribution is 0.170. The molecular weight excluding hydrogens is 301 g/mol. The summed E-state index contributed by atoms with van der Waals surface area (Å²) in [7, 11) is 0. The highest BCUT2D eigenvalue weighted by Gasteiger charge is 2.34. The Morgan fingerprint density at radius 3 is 2.59 bits per heavy atom. The molecule has 1 aliphatic carbocycles. The average molecular weight is 326 g/mol. The van der Waals surface area contributed by atoms with Gasteiger partial charge in [-0.3, -0.25) is 4.90 Å². The molecule has 0 radical (unpaired) electrons. The van der Waals surface area contributed by atoms with Gasteiger partial charge in [0, 0.05) is 44.0 Å². The molecule has 122 valence electrons. The van der Waals surface area contributed by atoms with Crippen LogP contribution >= 0.6 is 11.6 Å². The maximum atomic E-state index is 13.4. The van der Waals surface area contributed by atoms with Gasteiger partial charge in [-0.15, -0.1) is 0 Å². The van der Waals surface area contributed by atoms with Crippen molar-refractivity contribution >= 4 is 17.3 Å². The fourth-order valence-corrected chi connectivity index (χ4v) is 3.91. The van der Waals surface area contributed by atoms with Gasteiger partial charge < -0.3 is 10.6 Å². The van der Waals surface area contributed by atoms with Gasteiger partial charge in [0.15, 0.2) is 0 Å². The van der Waals surface area contributed by atoms with Crippen molar-refractivity contribution in [2.24, 2.45) is 0 Å². The van der Waals surface area contributed by atoms with Gasteiger partial charge in [-0.05, 0) is 31.0 Å².